The lowest BCUT2D eigenvalue weighted by Gasteiger charge is -2.36. The van der Waals surface area contributed by atoms with Gasteiger partial charge in [0, 0.05) is 25.0 Å². The van der Waals surface area contributed by atoms with Gasteiger partial charge in [-0.3, -0.25) is 9.59 Å². The van der Waals surface area contributed by atoms with Gasteiger partial charge in [-0.2, -0.15) is 0 Å². The van der Waals surface area contributed by atoms with Crippen LogP contribution in [0.25, 0.3) is 0 Å². The summed E-state index contributed by atoms with van der Waals surface area (Å²) in [6, 6.07) is 16.6. The molecule has 9 nitrogen and oxygen atoms in total. The fourth-order valence-corrected chi connectivity index (χ4v) is 5.89. The minimum Gasteiger partial charge on any atom is -0.450 e. The Balaban J connectivity index is 1.81. The summed E-state index contributed by atoms with van der Waals surface area (Å²) >= 11 is 0. The van der Waals surface area contributed by atoms with Crippen molar-refractivity contribution in [2.45, 2.75) is 96.9 Å². The molecule has 1 heterocycles. The highest BCUT2D eigenvalue weighted by molar-refractivity contribution is 5.89. The Morgan fingerprint density at radius 1 is 0.978 bits per heavy atom. The molecule has 1 saturated heterocycles. The number of hydrogen-bond donors (Lipinski definition) is 4. The van der Waals surface area contributed by atoms with Crippen molar-refractivity contribution in [1.82, 2.24) is 20.9 Å². The molecule has 3 amide bonds. The van der Waals surface area contributed by atoms with E-state index >= 15 is 0 Å². The summed E-state index contributed by atoms with van der Waals surface area (Å²) in [5.41, 5.74) is 2.99. The largest absolute Gasteiger partial charge is 0.450 e. The Morgan fingerprint density at radius 2 is 1.67 bits per heavy atom. The Bertz CT molecular complexity index is 1200. The number of benzene rings is 2. The van der Waals surface area contributed by atoms with Crippen molar-refractivity contribution < 1.29 is 24.2 Å². The third-order valence-corrected chi connectivity index (χ3v) is 8.70. The first-order chi connectivity index (χ1) is 21.6. The molecular weight excluding hydrogens is 568 g/mol. The van der Waals surface area contributed by atoms with Gasteiger partial charge in [0.2, 0.25) is 11.8 Å². The molecule has 2 aromatic carbocycles. The zero-order valence-corrected chi connectivity index (χ0v) is 27.8. The van der Waals surface area contributed by atoms with Crippen LogP contribution in [0.2, 0.25) is 0 Å². The topological polar surface area (TPSA) is 120 Å². The quantitative estimate of drug-likeness (QED) is 0.206. The summed E-state index contributed by atoms with van der Waals surface area (Å²) in [7, 11) is 1.94. The maximum Gasteiger partial charge on any atom is 0.407 e. The lowest BCUT2D eigenvalue weighted by atomic mass is 9.88. The molecule has 0 aromatic heterocycles. The van der Waals surface area contributed by atoms with Crippen LogP contribution < -0.4 is 16.0 Å². The summed E-state index contributed by atoms with van der Waals surface area (Å²) in [4.78, 5) is 42.2. The second-order valence-corrected chi connectivity index (χ2v) is 12.7. The number of likely N-dealkylation sites (tertiary alicyclic amines) is 1. The summed E-state index contributed by atoms with van der Waals surface area (Å²) in [6.45, 7) is 9.50. The smallest absolute Gasteiger partial charge is 0.407 e. The predicted octanol–water partition coefficient (Wildman–Crippen LogP) is 4.39. The standard InChI is InChI=1S/C36H54N4O5/c1-6-7-20-45-36(44)38-31(23-27-13-9-8-10-14-27)32(41)24-29(22-28-15-11-12-26(4)21-28)34(42)39-33(25(2)3)35(43)40-18-16-30(37-5)17-19-40/h8-15,21,25,29-33,37,41H,6-7,16-20,22-24H2,1-5H3,(H,38,44)(H,39,42)/t29-,31+,32+,33+/m1/s1. The second-order valence-electron chi connectivity index (χ2n) is 12.7. The maximum absolute atomic E-state index is 14.0. The van der Waals surface area contributed by atoms with Crippen molar-refractivity contribution in [3.63, 3.8) is 0 Å². The number of piperidine rings is 1. The molecule has 2 aromatic rings. The Morgan fingerprint density at radius 3 is 2.29 bits per heavy atom. The zero-order chi connectivity index (χ0) is 32.8. The van der Waals surface area contributed by atoms with Crippen LogP contribution in [0.15, 0.2) is 54.6 Å². The first-order valence-corrected chi connectivity index (χ1v) is 16.6. The second kappa shape index (κ2) is 18.5. The summed E-state index contributed by atoms with van der Waals surface area (Å²) in [5.74, 6) is -1.10. The van der Waals surface area contributed by atoms with Gasteiger partial charge in [-0.25, -0.2) is 4.79 Å². The maximum atomic E-state index is 14.0. The van der Waals surface area contributed by atoms with Crippen LogP contribution in [0.3, 0.4) is 0 Å². The highest BCUT2D eigenvalue weighted by Gasteiger charge is 2.34. The predicted molar refractivity (Wildman–Crippen MR) is 178 cm³/mol. The third-order valence-electron chi connectivity index (χ3n) is 8.70. The van der Waals surface area contributed by atoms with Crippen LogP contribution in [0.4, 0.5) is 4.79 Å². The number of alkyl carbamates (subject to hydrolysis) is 1. The summed E-state index contributed by atoms with van der Waals surface area (Å²) < 4.78 is 5.35. The minimum absolute atomic E-state index is 0.0683. The van der Waals surface area contributed by atoms with E-state index in [9.17, 15) is 19.5 Å². The van der Waals surface area contributed by atoms with Gasteiger partial charge < -0.3 is 30.7 Å². The summed E-state index contributed by atoms with van der Waals surface area (Å²) in [5, 5.41) is 20.8. The van der Waals surface area contributed by atoms with E-state index in [1.165, 1.54) is 0 Å². The van der Waals surface area contributed by atoms with Crippen LogP contribution >= 0.6 is 0 Å². The van der Waals surface area contributed by atoms with Crippen molar-refractivity contribution in [3.05, 3.63) is 71.3 Å². The van der Waals surface area contributed by atoms with Gasteiger partial charge in [-0.05, 0) is 69.5 Å². The van der Waals surface area contributed by atoms with Crippen molar-refractivity contribution >= 4 is 17.9 Å². The molecule has 1 aliphatic heterocycles. The number of ether oxygens (including phenoxy) is 1. The van der Waals surface area contributed by atoms with Crippen molar-refractivity contribution in [2.75, 3.05) is 26.7 Å². The van der Waals surface area contributed by atoms with Gasteiger partial charge >= 0.3 is 6.09 Å². The number of amides is 3. The number of nitrogens with one attached hydrogen (secondary N) is 3. The molecule has 1 fully saturated rings. The van der Waals surface area contributed by atoms with E-state index in [2.05, 4.69) is 16.0 Å². The molecule has 1 aliphatic rings. The van der Waals surface area contributed by atoms with Crippen molar-refractivity contribution in [2.24, 2.45) is 11.8 Å². The van der Waals surface area contributed by atoms with Crippen LogP contribution in [0.1, 0.15) is 69.6 Å². The monoisotopic (exact) mass is 622 g/mol. The molecule has 0 spiro atoms. The zero-order valence-electron chi connectivity index (χ0n) is 27.8. The average Bonchev–Trinajstić information content (AvgIpc) is 3.03. The highest BCUT2D eigenvalue weighted by Crippen LogP contribution is 2.21. The molecule has 0 bridgehead atoms. The fraction of sp³-hybridized carbons (Fsp3) is 0.583. The van der Waals surface area contributed by atoms with Gasteiger partial charge in [0.05, 0.1) is 18.8 Å². The molecule has 4 N–H and O–H groups in total. The number of aliphatic hydroxyl groups is 1. The Hall–Kier alpha value is -3.43. The van der Waals surface area contributed by atoms with Crippen molar-refractivity contribution in [1.29, 1.82) is 0 Å². The lowest BCUT2D eigenvalue weighted by molar-refractivity contribution is -0.139. The SMILES string of the molecule is CCCCOC(=O)N[C@@H](Cc1ccccc1)[C@@H](O)C[C@@H](Cc1cccc(C)c1)C(=O)N[C@H](C(=O)N1CCC(NC)CC1)C(C)C. The van der Waals surface area contributed by atoms with E-state index in [4.69, 9.17) is 4.74 Å². The molecule has 0 unspecified atom stereocenters. The normalized spacial score (nSPS) is 16.5. The van der Waals surface area contributed by atoms with E-state index in [-0.39, 0.29) is 24.2 Å². The van der Waals surface area contributed by atoms with Gasteiger partial charge in [-0.15, -0.1) is 0 Å². The number of aliphatic hydroxyl groups excluding tert-OH is 1. The highest BCUT2D eigenvalue weighted by atomic mass is 16.5. The minimum atomic E-state index is -1.04. The average molecular weight is 623 g/mol. The fourth-order valence-electron chi connectivity index (χ4n) is 5.89. The molecule has 3 rings (SSSR count). The van der Waals surface area contributed by atoms with Gasteiger partial charge in [0.15, 0.2) is 0 Å². The molecule has 248 valence electrons. The van der Waals surface area contributed by atoms with Crippen LogP contribution in [-0.4, -0.2) is 78.9 Å². The number of unbranched alkanes of at least 4 members (excludes halogenated alkanes) is 1. The summed E-state index contributed by atoms with van der Waals surface area (Å²) in [6.07, 6.45) is 2.62. The molecule has 0 radical (unpaired) electrons. The molecule has 4 atom stereocenters. The number of rotatable bonds is 16. The van der Waals surface area contributed by atoms with Gasteiger partial charge in [0.25, 0.3) is 0 Å². The Labute approximate surface area is 269 Å². The molecule has 0 aliphatic carbocycles. The van der Waals surface area contributed by atoms with Gasteiger partial charge in [0.1, 0.15) is 6.04 Å². The number of carbonyl (C=O) groups is 3. The third kappa shape index (κ3) is 11.8. The molecule has 9 heteroatoms. The number of aryl methyl sites for hydroxylation is 1. The van der Waals surface area contributed by atoms with Crippen LogP contribution in [0.5, 0.6) is 0 Å². The van der Waals surface area contributed by atoms with Crippen LogP contribution in [0, 0.1) is 18.8 Å². The molecule has 45 heavy (non-hydrogen) atoms. The number of nitrogens with zero attached hydrogens (tertiary/aromatic N) is 1. The van der Waals surface area contributed by atoms with E-state index in [1.807, 2.05) is 94.2 Å². The van der Waals surface area contributed by atoms with E-state index in [1.54, 1.807) is 0 Å². The van der Waals surface area contributed by atoms with Crippen LogP contribution in [-0.2, 0) is 27.2 Å². The Kier molecular flexibility index (Phi) is 14.8. The first kappa shape index (κ1) is 36.0. The van der Waals surface area contributed by atoms with E-state index < -0.39 is 30.2 Å². The first-order valence-electron chi connectivity index (χ1n) is 16.6. The van der Waals surface area contributed by atoms with E-state index in [0.717, 1.165) is 42.4 Å². The van der Waals surface area contributed by atoms with Gasteiger partial charge in [-0.1, -0.05) is 87.4 Å². The molecular formula is C36H54N4O5. The van der Waals surface area contributed by atoms with E-state index in [0.29, 0.717) is 38.6 Å². The number of carbonyl (C=O) groups excluding carboxylic acids is 3. The lowest BCUT2D eigenvalue weighted by Crippen LogP contribution is -2.55. The molecule has 0 saturated carbocycles. The van der Waals surface area contributed by atoms with Crippen molar-refractivity contribution in [3.8, 4) is 0 Å². The number of hydrogen-bond acceptors (Lipinski definition) is 6.